The maximum Gasteiger partial charge on any atom is 0.0632 e. The Morgan fingerprint density at radius 3 is 2.79 bits per heavy atom. The number of nitrogens with zero attached hydrogens (tertiary/aromatic N) is 1. The molecule has 84 valence electrons. The normalized spacial score (nSPS) is 23.4. The zero-order valence-electron chi connectivity index (χ0n) is 9.75. The van der Waals surface area contributed by atoms with E-state index in [9.17, 15) is 0 Å². The van der Waals surface area contributed by atoms with E-state index < -0.39 is 0 Å². The summed E-state index contributed by atoms with van der Waals surface area (Å²) in [5.41, 5.74) is 0. The zero-order chi connectivity index (χ0) is 10.4. The first-order valence-electron chi connectivity index (χ1n) is 5.79. The molecule has 0 aromatic rings. The molecule has 0 aromatic heterocycles. The first-order valence-corrected chi connectivity index (χ1v) is 5.79. The number of morpholine rings is 1. The lowest BCUT2D eigenvalue weighted by Gasteiger charge is -2.32. The summed E-state index contributed by atoms with van der Waals surface area (Å²) >= 11 is 0. The predicted octanol–water partition coefficient (Wildman–Crippen LogP) is 1.10. The van der Waals surface area contributed by atoms with Crippen molar-refractivity contribution in [2.45, 2.75) is 39.3 Å². The number of hydrogen-bond acceptors (Lipinski definition) is 3. The average Bonchev–Trinajstić information content (AvgIpc) is 2.18. The van der Waals surface area contributed by atoms with Gasteiger partial charge in [-0.1, -0.05) is 6.92 Å². The molecule has 1 saturated heterocycles. The van der Waals surface area contributed by atoms with Crippen molar-refractivity contribution in [3.05, 3.63) is 0 Å². The van der Waals surface area contributed by atoms with E-state index >= 15 is 0 Å². The summed E-state index contributed by atoms with van der Waals surface area (Å²) < 4.78 is 5.45. The highest BCUT2D eigenvalue weighted by Crippen LogP contribution is 2.03. The van der Waals surface area contributed by atoms with E-state index in [2.05, 4.69) is 31.0 Å². The van der Waals surface area contributed by atoms with Crippen molar-refractivity contribution in [2.24, 2.45) is 0 Å². The summed E-state index contributed by atoms with van der Waals surface area (Å²) in [6.45, 7) is 11.8. The van der Waals surface area contributed by atoms with Gasteiger partial charge in [0, 0.05) is 25.2 Å². The monoisotopic (exact) mass is 200 g/mol. The van der Waals surface area contributed by atoms with Crippen LogP contribution in [0.1, 0.15) is 27.2 Å². The van der Waals surface area contributed by atoms with Crippen LogP contribution in [0.4, 0.5) is 0 Å². The van der Waals surface area contributed by atoms with Gasteiger partial charge >= 0.3 is 0 Å². The third kappa shape index (κ3) is 3.95. The Bertz CT molecular complexity index is 144. The van der Waals surface area contributed by atoms with Gasteiger partial charge in [0.2, 0.25) is 0 Å². The molecule has 14 heavy (non-hydrogen) atoms. The second kappa shape index (κ2) is 6.38. The topological polar surface area (TPSA) is 24.5 Å². The van der Waals surface area contributed by atoms with Crippen LogP contribution >= 0.6 is 0 Å². The maximum atomic E-state index is 5.45. The molecule has 0 bridgehead atoms. The molecule has 1 aliphatic heterocycles. The predicted molar refractivity (Wildman–Crippen MR) is 59.6 cm³/mol. The van der Waals surface area contributed by atoms with Gasteiger partial charge in [-0.3, -0.25) is 4.90 Å². The molecule has 3 heteroatoms. The van der Waals surface area contributed by atoms with Crippen LogP contribution in [0.5, 0.6) is 0 Å². The molecule has 0 aromatic carbocycles. The van der Waals surface area contributed by atoms with Gasteiger partial charge < -0.3 is 10.1 Å². The van der Waals surface area contributed by atoms with Crippen molar-refractivity contribution < 1.29 is 4.74 Å². The number of nitrogens with one attached hydrogen (secondary N) is 1. The van der Waals surface area contributed by atoms with E-state index in [-0.39, 0.29) is 0 Å². The lowest BCUT2D eigenvalue weighted by atomic mass is 10.2. The minimum absolute atomic E-state index is 0.526. The summed E-state index contributed by atoms with van der Waals surface area (Å²) in [5.74, 6) is 0. The molecule has 1 heterocycles. The fourth-order valence-electron chi connectivity index (χ4n) is 1.87. The van der Waals surface area contributed by atoms with Crippen molar-refractivity contribution in [1.29, 1.82) is 0 Å². The average molecular weight is 200 g/mol. The summed E-state index contributed by atoms with van der Waals surface area (Å²) in [6, 6.07) is 1.16. The summed E-state index contributed by atoms with van der Waals surface area (Å²) in [7, 11) is 0. The van der Waals surface area contributed by atoms with Crippen LogP contribution in [0.25, 0.3) is 0 Å². The Kier molecular flexibility index (Phi) is 5.45. The zero-order valence-corrected chi connectivity index (χ0v) is 9.75. The lowest BCUT2D eigenvalue weighted by Crippen LogP contribution is -2.50. The van der Waals surface area contributed by atoms with Crippen LogP contribution in [0.2, 0.25) is 0 Å². The van der Waals surface area contributed by atoms with E-state index in [0.29, 0.717) is 12.1 Å². The molecule has 0 radical (unpaired) electrons. The molecule has 3 nitrogen and oxygen atoms in total. The SMILES string of the molecule is CCCN(CC1COCCN1)C(C)C. The molecule has 0 spiro atoms. The van der Waals surface area contributed by atoms with Gasteiger partial charge in [-0.15, -0.1) is 0 Å². The van der Waals surface area contributed by atoms with Gasteiger partial charge in [0.15, 0.2) is 0 Å². The van der Waals surface area contributed by atoms with Gasteiger partial charge in [0.05, 0.1) is 13.2 Å². The Morgan fingerprint density at radius 2 is 2.29 bits per heavy atom. The molecule has 0 amide bonds. The van der Waals surface area contributed by atoms with E-state index in [1.165, 1.54) is 13.0 Å². The fourth-order valence-corrected chi connectivity index (χ4v) is 1.87. The Labute approximate surface area is 87.8 Å². The molecule has 1 atom stereocenters. The highest BCUT2D eigenvalue weighted by molar-refractivity contribution is 4.76. The summed E-state index contributed by atoms with van der Waals surface area (Å²) in [6.07, 6.45) is 1.23. The fraction of sp³-hybridized carbons (Fsp3) is 1.00. The molecular formula is C11H24N2O. The molecule has 1 fully saturated rings. The van der Waals surface area contributed by atoms with Crippen molar-refractivity contribution in [3.63, 3.8) is 0 Å². The second-order valence-corrected chi connectivity index (χ2v) is 4.31. The van der Waals surface area contributed by atoms with Crippen molar-refractivity contribution in [1.82, 2.24) is 10.2 Å². The van der Waals surface area contributed by atoms with Crippen molar-refractivity contribution >= 4 is 0 Å². The van der Waals surface area contributed by atoms with Crippen LogP contribution in [-0.2, 0) is 4.74 Å². The van der Waals surface area contributed by atoms with Crippen LogP contribution in [0, 0.1) is 0 Å². The van der Waals surface area contributed by atoms with Gasteiger partial charge in [0.1, 0.15) is 0 Å². The van der Waals surface area contributed by atoms with E-state index in [1.807, 2.05) is 0 Å². The minimum atomic E-state index is 0.526. The molecule has 0 saturated carbocycles. The highest BCUT2D eigenvalue weighted by atomic mass is 16.5. The quantitative estimate of drug-likeness (QED) is 0.719. The van der Waals surface area contributed by atoms with Crippen molar-refractivity contribution in [2.75, 3.05) is 32.8 Å². The summed E-state index contributed by atoms with van der Waals surface area (Å²) in [4.78, 5) is 2.52. The largest absolute Gasteiger partial charge is 0.378 e. The first-order chi connectivity index (χ1) is 6.74. The molecule has 1 aliphatic rings. The molecular weight excluding hydrogens is 176 g/mol. The smallest absolute Gasteiger partial charge is 0.0632 e. The van der Waals surface area contributed by atoms with E-state index in [0.717, 1.165) is 26.3 Å². The second-order valence-electron chi connectivity index (χ2n) is 4.31. The number of ether oxygens (including phenoxy) is 1. The maximum absolute atomic E-state index is 5.45. The van der Waals surface area contributed by atoms with Gasteiger partial charge in [-0.2, -0.15) is 0 Å². The van der Waals surface area contributed by atoms with Crippen LogP contribution in [0.15, 0.2) is 0 Å². The van der Waals surface area contributed by atoms with E-state index in [1.54, 1.807) is 0 Å². The Morgan fingerprint density at radius 1 is 1.50 bits per heavy atom. The van der Waals surface area contributed by atoms with E-state index in [4.69, 9.17) is 4.74 Å². The molecule has 0 aliphatic carbocycles. The van der Waals surface area contributed by atoms with Gasteiger partial charge in [0.25, 0.3) is 0 Å². The summed E-state index contributed by atoms with van der Waals surface area (Å²) in [5, 5.41) is 3.50. The Hall–Kier alpha value is -0.120. The van der Waals surface area contributed by atoms with Gasteiger partial charge in [-0.05, 0) is 26.8 Å². The minimum Gasteiger partial charge on any atom is -0.378 e. The van der Waals surface area contributed by atoms with Crippen molar-refractivity contribution in [3.8, 4) is 0 Å². The van der Waals surface area contributed by atoms with Gasteiger partial charge in [-0.25, -0.2) is 0 Å². The van der Waals surface area contributed by atoms with Crippen LogP contribution < -0.4 is 5.32 Å². The van der Waals surface area contributed by atoms with Crippen LogP contribution in [0.3, 0.4) is 0 Å². The Balaban J connectivity index is 2.29. The third-order valence-corrected chi connectivity index (χ3v) is 2.69. The van der Waals surface area contributed by atoms with Crippen LogP contribution in [-0.4, -0.2) is 49.8 Å². The molecule has 1 rings (SSSR count). The standard InChI is InChI=1S/C11H24N2O/c1-4-6-13(10(2)3)8-11-9-14-7-5-12-11/h10-12H,4-9H2,1-3H3. The highest BCUT2D eigenvalue weighted by Gasteiger charge is 2.17. The first kappa shape index (κ1) is 12.0. The number of hydrogen-bond donors (Lipinski definition) is 1. The third-order valence-electron chi connectivity index (χ3n) is 2.69. The molecule has 1 unspecified atom stereocenters. The lowest BCUT2D eigenvalue weighted by molar-refractivity contribution is 0.0568. The number of rotatable bonds is 5. The molecule has 1 N–H and O–H groups in total.